The minimum atomic E-state index is -1.06. The van der Waals surface area contributed by atoms with E-state index in [4.69, 9.17) is 25.1 Å². The number of Topliss-reactive ketones (excluding diaryl/α,β-unsaturated/α-hetero) is 1. The molecule has 4 N–H and O–H groups in total. The second-order valence-electron chi connectivity index (χ2n) is 16.7. The Morgan fingerprint density at radius 1 is 0.774 bits per heavy atom. The Balaban J connectivity index is -0.000000353. The van der Waals surface area contributed by atoms with Gasteiger partial charge in [-0.15, -0.1) is 45.0 Å². The molecule has 22 nitrogen and oxygen atoms in total. The van der Waals surface area contributed by atoms with Gasteiger partial charge >= 0.3 is 18.9 Å². The van der Waals surface area contributed by atoms with Gasteiger partial charge in [-0.3, -0.25) is 14.4 Å². The standard InChI is InChI=1S/C10H20N4O2Si.C9H21N5O2Si.C7H16N4OSi.C5H11NO2.C4H9.CH4O.Li/c1-5-9(15)10-11-13-14(12-10)8-16-6-7-17(2,3)4;1-17(2,3)5-4-16-7-14-12-9(11-13-14)8(15)6-10;1-13(2,3)5-4-12-7-11-9-6-8-10-11;1-4-5(7)6(2)8-3;1-3-4-2;1-2;/h5-8H2,1-4H3;8,15H,4-7,10H2,1-3H3;6H,4-5,7H2,1-3H3;4H2,1-3H3;1,3-4H2,2H3;2H,1H3;/q;;;;-1;;+1. The molecule has 356 valence electrons. The van der Waals surface area contributed by atoms with Crippen LogP contribution in [0.15, 0.2) is 6.33 Å². The second-order valence-corrected chi connectivity index (χ2v) is 33.5. The van der Waals surface area contributed by atoms with Gasteiger partial charge in [-0.05, 0) is 33.8 Å². The van der Waals surface area contributed by atoms with Gasteiger partial charge in [0.15, 0.2) is 26.5 Å². The molecule has 3 heterocycles. The van der Waals surface area contributed by atoms with E-state index < -0.39 is 30.3 Å². The van der Waals surface area contributed by atoms with E-state index in [9.17, 15) is 14.7 Å². The summed E-state index contributed by atoms with van der Waals surface area (Å²) < 4.78 is 16.3. The molecule has 0 spiro atoms. The van der Waals surface area contributed by atoms with Crippen molar-refractivity contribution in [3.05, 3.63) is 24.9 Å². The summed E-state index contributed by atoms with van der Waals surface area (Å²) in [5, 5.41) is 51.5. The van der Waals surface area contributed by atoms with Gasteiger partial charge in [-0.1, -0.05) is 86.1 Å². The van der Waals surface area contributed by atoms with Crippen molar-refractivity contribution in [1.29, 1.82) is 0 Å². The molecule has 0 aliphatic rings. The van der Waals surface area contributed by atoms with Gasteiger partial charge in [-0.2, -0.15) is 6.42 Å². The van der Waals surface area contributed by atoms with Crippen molar-refractivity contribution in [2.45, 2.75) is 150 Å². The largest absolute Gasteiger partial charge is 1.00 e. The Morgan fingerprint density at radius 3 is 1.55 bits per heavy atom. The third-order valence-corrected chi connectivity index (χ3v) is 12.4. The van der Waals surface area contributed by atoms with Crippen LogP contribution in [0.3, 0.4) is 0 Å². The van der Waals surface area contributed by atoms with Gasteiger partial charge in [0.1, 0.15) is 6.10 Å². The fraction of sp³-hybridized carbons (Fsp3) is 0.833. The molecule has 3 rings (SSSR count). The maximum Gasteiger partial charge on any atom is 1.00 e. The smallest absolute Gasteiger partial charge is 0.400 e. The number of hydrogen-bond donors (Lipinski definition) is 3. The van der Waals surface area contributed by atoms with Crippen molar-refractivity contribution < 1.29 is 57.7 Å². The number of carbonyl (C=O) groups excluding carboxylic acids is 2. The number of hydrogen-bond acceptors (Lipinski definition) is 18. The molecule has 3 aromatic heterocycles. The van der Waals surface area contributed by atoms with E-state index in [1.165, 1.54) is 45.4 Å². The van der Waals surface area contributed by atoms with Crippen molar-refractivity contribution in [2.24, 2.45) is 5.73 Å². The summed E-state index contributed by atoms with van der Waals surface area (Å²) in [4.78, 5) is 30.5. The van der Waals surface area contributed by atoms with Crippen LogP contribution in [-0.2, 0) is 44.0 Å². The van der Waals surface area contributed by atoms with Gasteiger partial charge in [0.2, 0.25) is 23.3 Å². The first-order valence-corrected chi connectivity index (χ1v) is 31.6. The number of nitrogens with zero attached hydrogens (tertiary/aromatic N) is 13. The first-order chi connectivity index (χ1) is 28.6. The molecule has 0 saturated heterocycles. The van der Waals surface area contributed by atoms with E-state index in [1.54, 1.807) is 20.9 Å². The molecular formula is C36H81LiN14O8Si3. The number of carbonyl (C=O) groups is 2. The van der Waals surface area contributed by atoms with Crippen LogP contribution in [0, 0.1) is 6.92 Å². The number of ether oxygens (including phenoxy) is 3. The maximum atomic E-state index is 11.3. The molecule has 0 aromatic carbocycles. The predicted molar refractivity (Wildman–Crippen MR) is 243 cm³/mol. The van der Waals surface area contributed by atoms with E-state index in [0.717, 1.165) is 32.2 Å². The molecule has 62 heavy (non-hydrogen) atoms. The number of unbranched alkanes of at least 4 members (excludes halogenated alkanes) is 1. The van der Waals surface area contributed by atoms with Gasteiger partial charge in [0, 0.05) is 77.6 Å². The zero-order valence-corrected chi connectivity index (χ0v) is 44.0. The SMILES string of the molecule is CCC(=O)N(C)OC.CCC(=O)c1nnn(COCC[Si](C)(C)C)n1.CO.C[Si](C)(C)CCOCn1ncnn1.C[Si](C)(C)CCOCn1nnc(C(O)CN)n1.[CH2-]CCC.[Li+]. The summed E-state index contributed by atoms with van der Waals surface area (Å²) >= 11 is 0. The number of aliphatic hydroxyl groups excluding tert-OH is 2. The maximum absolute atomic E-state index is 11.3. The number of hydroxylamine groups is 2. The minimum absolute atomic E-state index is 0. The quantitative estimate of drug-likeness (QED) is 0.0420. The fourth-order valence-electron chi connectivity index (χ4n) is 3.26. The third-order valence-electron chi connectivity index (χ3n) is 7.29. The Morgan fingerprint density at radius 2 is 1.21 bits per heavy atom. The summed E-state index contributed by atoms with van der Waals surface area (Å²) in [6.07, 6.45) is 3.71. The molecule has 1 unspecified atom stereocenters. The number of nitrogens with two attached hydrogens (primary N) is 1. The molecule has 1 amide bonds. The van der Waals surface area contributed by atoms with Crippen LogP contribution in [0.5, 0.6) is 0 Å². The molecule has 1 atom stereocenters. The predicted octanol–water partition coefficient (Wildman–Crippen LogP) is 1.19. The van der Waals surface area contributed by atoms with E-state index in [2.05, 4.69) is 124 Å². The van der Waals surface area contributed by atoms with Gasteiger partial charge in [-0.25, -0.2) is 5.06 Å². The van der Waals surface area contributed by atoms with Crippen molar-refractivity contribution in [2.75, 3.05) is 47.6 Å². The molecule has 0 saturated carbocycles. The average molecular weight is 929 g/mol. The summed E-state index contributed by atoms with van der Waals surface area (Å²) in [7, 11) is 0.965. The summed E-state index contributed by atoms with van der Waals surface area (Å²) in [5.41, 5.74) is 5.29. The number of rotatable bonds is 22. The van der Waals surface area contributed by atoms with Crippen LogP contribution in [0.2, 0.25) is 77.1 Å². The van der Waals surface area contributed by atoms with E-state index >= 15 is 0 Å². The van der Waals surface area contributed by atoms with Gasteiger partial charge in [0.05, 0.1) is 7.11 Å². The van der Waals surface area contributed by atoms with Crippen LogP contribution in [0.4, 0.5) is 0 Å². The molecule has 0 fully saturated rings. The van der Waals surface area contributed by atoms with Gasteiger partial charge < -0.3 is 37.1 Å². The second kappa shape index (κ2) is 38.7. The Kier molecular flexibility index (Phi) is 41.2. The van der Waals surface area contributed by atoms with Crippen LogP contribution in [-0.4, -0.2) is 159 Å². The molecule has 26 heteroatoms. The Hall–Kier alpha value is -2.68. The summed E-state index contributed by atoms with van der Waals surface area (Å²) in [5.74, 6) is 0.299. The van der Waals surface area contributed by atoms with Crippen molar-refractivity contribution in [3.63, 3.8) is 0 Å². The monoisotopic (exact) mass is 929 g/mol. The first kappa shape index (κ1) is 65.9. The number of amides is 1. The zero-order chi connectivity index (χ0) is 47.5. The van der Waals surface area contributed by atoms with E-state index in [-0.39, 0.29) is 62.2 Å². The number of aliphatic hydroxyl groups is 2. The zero-order valence-electron chi connectivity index (χ0n) is 41.0. The van der Waals surface area contributed by atoms with E-state index in [0.29, 0.717) is 32.8 Å². The number of aromatic nitrogens is 12. The molecular weight excluding hydrogens is 848 g/mol. The molecule has 3 aromatic rings. The van der Waals surface area contributed by atoms with Crippen molar-refractivity contribution in [1.82, 2.24) is 65.7 Å². The molecule has 0 radical (unpaired) electrons. The van der Waals surface area contributed by atoms with E-state index in [1.807, 2.05) is 0 Å². The normalized spacial score (nSPS) is 11.3. The third kappa shape index (κ3) is 40.1. The topological polar surface area (TPSA) is 272 Å². The summed E-state index contributed by atoms with van der Waals surface area (Å²) in [6.45, 7) is 33.2. The van der Waals surface area contributed by atoms with Crippen LogP contribution in [0.25, 0.3) is 0 Å². The molecule has 0 bridgehead atoms. The van der Waals surface area contributed by atoms with Crippen molar-refractivity contribution >= 4 is 35.9 Å². The van der Waals surface area contributed by atoms with Gasteiger partial charge in [0.25, 0.3) is 0 Å². The van der Waals surface area contributed by atoms with Crippen LogP contribution < -0.4 is 24.6 Å². The minimum Gasteiger partial charge on any atom is -0.400 e. The Bertz CT molecular complexity index is 1470. The first-order valence-electron chi connectivity index (χ1n) is 20.5. The van der Waals surface area contributed by atoms with Crippen molar-refractivity contribution in [3.8, 4) is 0 Å². The van der Waals surface area contributed by atoms with Crippen LogP contribution >= 0.6 is 0 Å². The fourth-order valence-corrected chi connectivity index (χ4v) is 5.53. The summed E-state index contributed by atoms with van der Waals surface area (Å²) in [6, 6.07) is 3.37. The Labute approximate surface area is 385 Å². The van der Waals surface area contributed by atoms with Crippen LogP contribution in [0.1, 0.15) is 69.0 Å². The molecule has 0 aliphatic heterocycles. The average Bonchev–Trinajstić information content (AvgIpc) is 4.03. The molecule has 0 aliphatic carbocycles. The number of ketones is 1. The number of tetrazole rings is 3.